The SMILES string of the molecule is Nc1c2c(-c3cccs3)nc(N3CCN(CCc4ccccc4)CC3)nc2nn1-c1cccc(F)c1. The molecule has 0 amide bonds. The molecular weight excluding hydrogens is 473 g/mol. The van der Waals surface area contributed by atoms with Gasteiger partial charge in [0.1, 0.15) is 11.6 Å². The van der Waals surface area contributed by atoms with Gasteiger partial charge >= 0.3 is 0 Å². The van der Waals surface area contributed by atoms with Gasteiger partial charge in [-0.05, 0) is 41.6 Å². The number of nitrogens with two attached hydrogens (primary N) is 1. The van der Waals surface area contributed by atoms with Gasteiger partial charge in [0, 0.05) is 32.7 Å². The Labute approximate surface area is 212 Å². The molecule has 9 heteroatoms. The molecule has 3 aromatic heterocycles. The predicted molar refractivity (Wildman–Crippen MR) is 143 cm³/mol. The molecule has 36 heavy (non-hydrogen) atoms. The third-order valence-corrected chi connectivity index (χ3v) is 7.46. The van der Waals surface area contributed by atoms with Crippen LogP contribution in [0.3, 0.4) is 0 Å². The zero-order chi connectivity index (χ0) is 24.5. The van der Waals surface area contributed by atoms with Gasteiger partial charge in [-0.3, -0.25) is 4.90 Å². The number of aromatic nitrogens is 4. The minimum atomic E-state index is -0.346. The summed E-state index contributed by atoms with van der Waals surface area (Å²) in [6.07, 6.45) is 1.04. The summed E-state index contributed by atoms with van der Waals surface area (Å²) >= 11 is 1.60. The van der Waals surface area contributed by atoms with E-state index in [1.54, 1.807) is 28.2 Å². The summed E-state index contributed by atoms with van der Waals surface area (Å²) in [5, 5.41) is 7.37. The van der Waals surface area contributed by atoms with Crippen LogP contribution in [0, 0.1) is 5.82 Å². The van der Waals surface area contributed by atoms with Crippen molar-refractivity contribution < 1.29 is 4.39 Å². The molecule has 0 spiro atoms. The molecule has 4 heterocycles. The molecule has 1 aliphatic rings. The minimum Gasteiger partial charge on any atom is -0.383 e. The van der Waals surface area contributed by atoms with Crippen molar-refractivity contribution in [3.63, 3.8) is 0 Å². The van der Waals surface area contributed by atoms with Gasteiger partial charge in [-0.25, -0.2) is 14.1 Å². The van der Waals surface area contributed by atoms with E-state index in [0.29, 0.717) is 28.5 Å². The van der Waals surface area contributed by atoms with Crippen molar-refractivity contribution in [2.24, 2.45) is 0 Å². The van der Waals surface area contributed by atoms with E-state index < -0.39 is 0 Å². The maximum Gasteiger partial charge on any atom is 0.228 e. The molecule has 0 atom stereocenters. The summed E-state index contributed by atoms with van der Waals surface area (Å²) in [6.45, 7) is 4.60. The second-order valence-corrected chi connectivity index (χ2v) is 9.84. The highest BCUT2D eigenvalue weighted by molar-refractivity contribution is 7.13. The molecule has 182 valence electrons. The summed E-state index contributed by atoms with van der Waals surface area (Å²) in [5.74, 6) is 0.704. The van der Waals surface area contributed by atoms with Gasteiger partial charge in [0.2, 0.25) is 5.95 Å². The molecule has 0 unspecified atom stereocenters. The number of piperazine rings is 1. The molecule has 2 N–H and O–H groups in total. The first-order valence-electron chi connectivity index (χ1n) is 12.0. The van der Waals surface area contributed by atoms with Crippen molar-refractivity contribution in [2.45, 2.75) is 6.42 Å². The van der Waals surface area contributed by atoms with Gasteiger partial charge in [0.15, 0.2) is 5.65 Å². The van der Waals surface area contributed by atoms with Crippen molar-refractivity contribution in [1.29, 1.82) is 0 Å². The van der Waals surface area contributed by atoms with Crippen molar-refractivity contribution in [1.82, 2.24) is 24.6 Å². The summed E-state index contributed by atoms with van der Waals surface area (Å²) in [7, 11) is 0. The topological polar surface area (TPSA) is 76.1 Å². The third-order valence-electron chi connectivity index (χ3n) is 6.58. The fourth-order valence-corrected chi connectivity index (χ4v) is 5.36. The van der Waals surface area contributed by atoms with Crippen LogP contribution in [0.15, 0.2) is 72.1 Å². The molecule has 6 rings (SSSR count). The van der Waals surface area contributed by atoms with E-state index >= 15 is 0 Å². The van der Waals surface area contributed by atoms with Crippen LogP contribution in [0.4, 0.5) is 16.2 Å². The van der Waals surface area contributed by atoms with E-state index in [1.165, 1.54) is 17.7 Å². The Kier molecular flexibility index (Phi) is 6.08. The van der Waals surface area contributed by atoms with Gasteiger partial charge in [0.05, 0.1) is 21.6 Å². The van der Waals surface area contributed by atoms with Gasteiger partial charge < -0.3 is 10.6 Å². The maximum atomic E-state index is 13.9. The van der Waals surface area contributed by atoms with Crippen LogP contribution in [0.5, 0.6) is 0 Å². The fraction of sp³-hybridized carbons (Fsp3) is 0.222. The van der Waals surface area contributed by atoms with Crippen molar-refractivity contribution in [3.05, 3.63) is 83.5 Å². The number of nitrogen functional groups attached to an aromatic ring is 1. The molecule has 0 saturated carbocycles. The number of hydrogen-bond donors (Lipinski definition) is 1. The molecule has 1 fully saturated rings. The van der Waals surface area contributed by atoms with Crippen LogP contribution in [-0.2, 0) is 6.42 Å². The Hall–Kier alpha value is -3.82. The Morgan fingerprint density at radius 1 is 0.917 bits per heavy atom. The van der Waals surface area contributed by atoms with E-state index in [0.717, 1.165) is 49.7 Å². The Bertz CT molecular complexity index is 1480. The highest BCUT2D eigenvalue weighted by Gasteiger charge is 2.24. The van der Waals surface area contributed by atoms with E-state index in [9.17, 15) is 4.39 Å². The Balaban J connectivity index is 1.29. The molecule has 1 aliphatic heterocycles. The maximum absolute atomic E-state index is 13.9. The molecule has 0 aliphatic carbocycles. The number of fused-ring (bicyclic) bond motifs is 1. The normalized spacial score (nSPS) is 14.5. The zero-order valence-corrected chi connectivity index (χ0v) is 20.5. The van der Waals surface area contributed by atoms with Crippen LogP contribution < -0.4 is 10.6 Å². The fourth-order valence-electron chi connectivity index (χ4n) is 4.64. The average Bonchev–Trinajstić information content (AvgIpc) is 3.57. The second kappa shape index (κ2) is 9.67. The number of anilines is 2. The zero-order valence-electron chi connectivity index (χ0n) is 19.7. The molecule has 0 bridgehead atoms. The first-order chi connectivity index (χ1) is 17.7. The molecule has 2 aromatic carbocycles. The molecule has 5 aromatic rings. The molecule has 1 saturated heterocycles. The van der Waals surface area contributed by atoms with Gasteiger partial charge in [0.25, 0.3) is 0 Å². The van der Waals surface area contributed by atoms with Crippen LogP contribution in [-0.4, -0.2) is 57.4 Å². The standard InChI is InChI=1S/C27H26FN7S/c28-20-8-4-9-21(18-20)35-25(29)23-24(22-10-5-17-36-22)30-27(31-26(23)32-35)34-15-13-33(14-16-34)12-11-19-6-2-1-3-7-19/h1-10,17-18H,11-16,29H2. The van der Waals surface area contributed by atoms with E-state index in [4.69, 9.17) is 15.7 Å². The minimum absolute atomic E-state index is 0.346. The summed E-state index contributed by atoms with van der Waals surface area (Å²) in [6, 6.07) is 20.8. The molecular formula is C27H26FN7S. The lowest BCUT2D eigenvalue weighted by Gasteiger charge is -2.34. The monoisotopic (exact) mass is 499 g/mol. The van der Waals surface area contributed by atoms with Crippen LogP contribution in [0.1, 0.15) is 5.56 Å². The number of nitrogens with zero attached hydrogens (tertiary/aromatic N) is 6. The molecule has 0 radical (unpaired) electrons. The number of benzene rings is 2. The lowest BCUT2D eigenvalue weighted by Crippen LogP contribution is -2.47. The number of rotatable bonds is 6. The number of halogens is 1. The lowest BCUT2D eigenvalue weighted by molar-refractivity contribution is 0.260. The Morgan fingerprint density at radius 3 is 2.50 bits per heavy atom. The van der Waals surface area contributed by atoms with Gasteiger partial charge in [-0.15, -0.1) is 16.4 Å². The second-order valence-electron chi connectivity index (χ2n) is 8.89. The Morgan fingerprint density at radius 2 is 1.75 bits per heavy atom. The van der Waals surface area contributed by atoms with E-state index in [-0.39, 0.29) is 5.82 Å². The summed E-state index contributed by atoms with van der Waals surface area (Å²) in [4.78, 5) is 15.5. The first-order valence-corrected chi connectivity index (χ1v) is 12.9. The number of hydrogen-bond acceptors (Lipinski definition) is 7. The quantitative estimate of drug-likeness (QED) is 0.367. The van der Waals surface area contributed by atoms with E-state index in [1.807, 2.05) is 17.5 Å². The van der Waals surface area contributed by atoms with Crippen molar-refractivity contribution in [2.75, 3.05) is 43.4 Å². The number of thiophene rings is 1. The van der Waals surface area contributed by atoms with Crippen LogP contribution in [0.2, 0.25) is 0 Å². The molecule has 7 nitrogen and oxygen atoms in total. The van der Waals surface area contributed by atoms with Crippen molar-refractivity contribution in [3.8, 4) is 16.3 Å². The first kappa shape index (κ1) is 22.6. The largest absolute Gasteiger partial charge is 0.383 e. The summed E-state index contributed by atoms with van der Waals surface area (Å²) in [5.41, 5.74) is 9.72. The lowest BCUT2D eigenvalue weighted by atomic mass is 10.1. The average molecular weight is 500 g/mol. The van der Waals surface area contributed by atoms with Gasteiger partial charge in [-0.1, -0.05) is 42.5 Å². The van der Waals surface area contributed by atoms with Crippen LogP contribution in [0.25, 0.3) is 27.3 Å². The highest BCUT2D eigenvalue weighted by Crippen LogP contribution is 2.35. The third kappa shape index (κ3) is 4.43. The predicted octanol–water partition coefficient (Wildman–Crippen LogP) is 4.63. The van der Waals surface area contributed by atoms with E-state index in [2.05, 4.69) is 45.2 Å². The smallest absolute Gasteiger partial charge is 0.228 e. The van der Waals surface area contributed by atoms with Gasteiger partial charge in [-0.2, -0.15) is 4.98 Å². The summed E-state index contributed by atoms with van der Waals surface area (Å²) < 4.78 is 15.5. The van der Waals surface area contributed by atoms with Crippen molar-refractivity contribution >= 4 is 34.1 Å². The van der Waals surface area contributed by atoms with Crippen LogP contribution >= 0.6 is 11.3 Å². The highest BCUT2D eigenvalue weighted by atomic mass is 32.1.